The Labute approximate surface area is 54.7 Å². The number of thioether (sulfide) groups is 1. The van der Waals surface area contributed by atoms with Crippen LogP contribution in [0.3, 0.4) is 0 Å². The Morgan fingerprint density at radius 3 is 3.00 bits per heavy atom. The summed E-state index contributed by atoms with van der Waals surface area (Å²) >= 11 is 1.97. The summed E-state index contributed by atoms with van der Waals surface area (Å²) in [6.07, 6.45) is 6.59. The van der Waals surface area contributed by atoms with E-state index in [2.05, 4.69) is 25.2 Å². The van der Waals surface area contributed by atoms with E-state index in [-0.39, 0.29) is 0 Å². The van der Waals surface area contributed by atoms with Crippen molar-refractivity contribution in [3.63, 3.8) is 0 Å². The van der Waals surface area contributed by atoms with Gasteiger partial charge in [-0.1, -0.05) is 18.2 Å². The molecule has 1 heteroatoms. The van der Waals surface area contributed by atoms with Crippen molar-refractivity contribution in [2.45, 2.75) is 6.92 Å². The minimum atomic E-state index is 1.19. The van der Waals surface area contributed by atoms with Crippen LogP contribution in [0.5, 0.6) is 0 Å². The van der Waals surface area contributed by atoms with Gasteiger partial charge in [-0.25, -0.2) is 0 Å². The zero-order valence-electron chi connectivity index (χ0n) is 5.05. The lowest BCUT2D eigenvalue weighted by Gasteiger charge is -2.04. The Morgan fingerprint density at radius 2 is 2.62 bits per heavy atom. The van der Waals surface area contributed by atoms with Gasteiger partial charge in [0.1, 0.15) is 0 Å². The van der Waals surface area contributed by atoms with Gasteiger partial charge in [-0.05, 0) is 12.5 Å². The predicted octanol–water partition coefficient (Wildman–Crippen LogP) is 2.24. The van der Waals surface area contributed by atoms with Crippen LogP contribution < -0.4 is 0 Å². The topological polar surface area (TPSA) is 0 Å². The van der Waals surface area contributed by atoms with E-state index >= 15 is 0 Å². The Bertz CT molecular complexity index is 122. The monoisotopic (exact) mass is 126 g/mol. The van der Waals surface area contributed by atoms with Crippen molar-refractivity contribution in [3.8, 4) is 0 Å². The van der Waals surface area contributed by atoms with Gasteiger partial charge in [0.25, 0.3) is 0 Å². The zero-order chi connectivity index (χ0) is 5.82. The maximum atomic E-state index is 2.21. The molecule has 8 heavy (non-hydrogen) atoms. The molecule has 1 aliphatic heterocycles. The third kappa shape index (κ3) is 1.41. The minimum absolute atomic E-state index is 1.19. The minimum Gasteiger partial charge on any atom is -0.153 e. The van der Waals surface area contributed by atoms with Crippen molar-refractivity contribution in [1.82, 2.24) is 0 Å². The molecule has 0 saturated carbocycles. The molecule has 0 aliphatic carbocycles. The van der Waals surface area contributed by atoms with Crippen molar-refractivity contribution < 1.29 is 0 Å². The maximum Gasteiger partial charge on any atom is 0.0184 e. The van der Waals surface area contributed by atoms with Crippen LogP contribution in [-0.2, 0) is 0 Å². The number of rotatable bonds is 0. The second kappa shape index (κ2) is 2.98. The molecule has 0 saturated heterocycles. The van der Waals surface area contributed by atoms with Crippen LogP contribution in [-0.4, -0.2) is 11.5 Å². The summed E-state index contributed by atoms with van der Waals surface area (Å²) in [5.74, 6) is 2.39. The van der Waals surface area contributed by atoms with Crippen molar-refractivity contribution >= 4 is 11.8 Å². The van der Waals surface area contributed by atoms with Gasteiger partial charge in [0.05, 0.1) is 0 Å². The van der Waals surface area contributed by atoms with Crippen molar-refractivity contribution in [2.24, 2.45) is 0 Å². The molecule has 0 amide bonds. The number of hydrogen-bond donors (Lipinski definition) is 0. The largest absolute Gasteiger partial charge is 0.153 e. The van der Waals surface area contributed by atoms with Gasteiger partial charge in [-0.3, -0.25) is 0 Å². The van der Waals surface area contributed by atoms with E-state index in [1.165, 1.54) is 17.1 Å². The highest BCUT2D eigenvalue weighted by atomic mass is 32.2. The van der Waals surface area contributed by atoms with E-state index in [1.807, 2.05) is 11.8 Å². The highest BCUT2D eigenvalue weighted by Gasteiger charge is 1.94. The lowest BCUT2D eigenvalue weighted by Crippen LogP contribution is -1.89. The molecule has 44 valence electrons. The fourth-order valence-electron chi connectivity index (χ4n) is 0.672. The third-order valence-electron chi connectivity index (χ3n) is 1.19. The molecular weight excluding hydrogens is 116 g/mol. The average molecular weight is 126 g/mol. The van der Waals surface area contributed by atoms with E-state index in [9.17, 15) is 0 Å². The van der Waals surface area contributed by atoms with Gasteiger partial charge in [0, 0.05) is 11.5 Å². The molecule has 0 aromatic rings. The van der Waals surface area contributed by atoms with E-state index in [0.717, 1.165) is 0 Å². The second-order valence-corrected chi connectivity index (χ2v) is 2.81. The molecule has 0 N–H and O–H groups in total. The summed E-state index contributed by atoms with van der Waals surface area (Å²) < 4.78 is 0. The molecule has 1 heterocycles. The maximum absolute atomic E-state index is 2.21. The SMILES string of the molecule is C/C=C1/C=CCSC1. The van der Waals surface area contributed by atoms with Crippen LogP contribution in [0.25, 0.3) is 0 Å². The summed E-state index contributed by atoms with van der Waals surface area (Å²) in [6, 6.07) is 0. The van der Waals surface area contributed by atoms with Crippen LogP contribution in [0.2, 0.25) is 0 Å². The summed E-state index contributed by atoms with van der Waals surface area (Å²) in [7, 11) is 0. The second-order valence-electron chi connectivity index (χ2n) is 1.78. The van der Waals surface area contributed by atoms with Crippen LogP contribution in [0.15, 0.2) is 23.8 Å². The molecule has 0 radical (unpaired) electrons. The summed E-state index contributed by atoms with van der Waals surface area (Å²) in [5, 5.41) is 0. The first kappa shape index (κ1) is 5.96. The third-order valence-corrected chi connectivity index (χ3v) is 2.15. The van der Waals surface area contributed by atoms with E-state index in [4.69, 9.17) is 0 Å². The fourth-order valence-corrected chi connectivity index (χ4v) is 1.52. The first-order chi connectivity index (χ1) is 3.93. The van der Waals surface area contributed by atoms with Gasteiger partial charge in [0.2, 0.25) is 0 Å². The van der Waals surface area contributed by atoms with Crippen molar-refractivity contribution in [2.75, 3.05) is 11.5 Å². The van der Waals surface area contributed by atoms with Gasteiger partial charge in [0.15, 0.2) is 0 Å². The summed E-state index contributed by atoms with van der Waals surface area (Å²) in [4.78, 5) is 0. The quantitative estimate of drug-likeness (QED) is 0.479. The molecule has 1 aliphatic rings. The van der Waals surface area contributed by atoms with E-state index < -0.39 is 0 Å². The van der Waals surface area contributed by atoms with Crippen molar-refractivity contribution in [3.05, 3.63) is 23.8 Å². The van der Waals surface area contributed by atoms with Crippen LogP contribution in [0, 0.1) is 0 Å². The molecule has 1 rings (SSSR count). The fraction of sp³-hybridized carbons (Fsp3) is 0.429. The van der Waals surface area contributed by atoms with Crippen LogP contribution in [0.1, 0.15) is 6.92 Å². The molecule has 0 aromatic heterocycles. The van der Waals surface area contributed by atoms with E-state index in [1.54, 1.807) is 0 Å². The number of allylic oxidation sites excluding steroid dienone is 2. The molecule has 0 aromatic carbocycles. The first-order valence-corrected chi connectivity index (χ1v) is 3.98. The molecule has 0 unspecified atom stereocenters. The zero-order valence-corrected chi connectivity index (χ0v) is 5.87. The highest BCUT2D eigenvalue weighted by molar-refractivity contribution is 7.99. The Kier molecular flexibility index (Phi) is 2.22. The molecule has 0 atom stereocenters. The van der Waals surface area contributed by atoms with Gasteiger partial charge in [-0.2, -0.15) is 11.8 Å². The predicted molar refractivity (Wildman–Crippen MR) is 40.2 cm³/mol. The molecule has 0 nitrogen and oxygen atoms in total. The lowest BCUT2D eigenvalue weighted by molar-refractivity contribution is 1.45. The number of hydrogen-bond acceptors (Lipinski definition) is 1. The highest BCUT2D eigenvalue weighted by Crippen LogP contribution is 2.14. The molecule has 0 fully saturated rings. The summed E-state index contributed by atoms with van der Waals surface area (Å²) in [5.41, 5.74) is 1.46. The van der Waals surface area contributed by atoms with Gasteiger partial charge >= 0.3 is 0 Å². The molecule has 0 spiro atoms. The van der Waals surface area contributed by atoms with Gasteiger partial charge < -0.3 is 0 Å². The standard InChI is InChI=1S/C7H10S/c1-2-7-4-3-5-8-6-7/h2-4H,5-6H2,1H3/b7-2-. The van der Waals surface area contributed by atoms with Gasteiger partial charge in [-0.15, -0.1) is 0 Å². The Balaban J connectivity index is 2.56. The normalized spacial score (nSPS) is 24.4. The average Bonchev–Trinajstić information content (AvgIpc) is 1.90. The van der Waals surface area contributed by atoms with Crippen LogP contribution in [0.4, 0.5) is 0 Å². The molecule has 0 bridgehead atoms. The van der Waals surface area contributed by atoms with Crippen molar-refractivity contribution in [1.29, 1.82) is 0 Å². The Hall–Kier alpha value is -0.170. The lowest BCUT2D eigenvalue weighted by atomic mass is 10.2. The Morgan fingerprint density at radius 1 is 1.75 bits per heavy atom. The van der Waals surface area contributed by atoms with Crippen LogP contribution >= 0.6 is 11.8 Å². The van der Waals surface area contributed by atoms with E-state index in [0.29, 0.717) is 0 Å². The molecular formula is C7H10S. The smallest absolute Gasteiger partial charge is 0.0184 e. The first-order valence-electron chi connectivity index (χ1n) is 2.83. The summed E-state index contributed by atoms with van der Waals surface area (Å²) in [6.45, 7) is 2.09.